The Morgan fingerprint density at radius 3 is 2.42 bits per heavy atom. The lowest BCUT2D eigenvalue weighted by atomic mass is 9.98. The average Bonchev–Trinajstić information content (AvgIpc) is 3.05. The minimum Gasteiger partial charge on any atom is -0.289 e. The molecule has 0 aliphatic carbocycles. The fraction of sp³-hybridized carbons (Fsp3) is 0. The zero-order valence-electron chi connectivity index (χ0n) is 12.6. The van der Waals surface area contributed by atoms with Crippen LogP contribution in [0.2, 0.25) is 5.02 Å². The van der Waals surface area contributed by atoms with E-state index in [2.05, 4.69) is 4.98 Å². The third-order valence-electron chi connectivity index (χ3n) is 3.80. The molecule has 0 radical (unpaired) electrons. The van der Waals surface area contributed by atoms with Gasteiger partial charge < -0.3 is 0 Å². The second-order valence-electron chi connectivity index (χ2n) is 5.34. The number of thiazole rings is 1. The van der Waals surface area contributed by atoms with Gasteiger partial charge in [-0.1, -0.05) is 66.2 Å². The molecule has 0 atom stereocenters. The number of aromatic nitrogens is 1. The molecule has 116 valence electrons. The highest BCUT2D eigenvalue weighted by atomic mass is 35.5. The van der Waals surface area contributed by atoms with E-state index in [0.29, 0.717) is 21.7 Å². The average molecular weight is 350 g/mol. The second-order valence-corrected chi connectivity index (χ2v) is 6.78. The maximum absolute atomic E-state index is 12.9. The van der Waals surface area contributed by atoms with Crippen molar-refractivity contribution in [3.63, 3.8) is 0 Å². The molecule has 0 bridgehead atoms. The first-order valence-electron chi connectivity index (χ1n) is 7.48. The molecule has 0 aliphatic heterocycles. The molecule has 1 aromatic heterocycles. The zero-order chi connectivity index (χ0) is 16.5. The largest absolute Gasteiger partial charge is 0.289 e. The molecule has 3 aromatic carbocycles. The molecule has 24 heavy (non-hydrogen) atoms. The number of nitrogens with zero attached hydrogens (tertiary/aromatic N) is 1. The number of benzene rings is 3. The summed E-state index contributed by atoms with van der Waals surface area (Å²) >= 11 is 7.98. The number of rotatable bonds is 3. The molecule has 4 rings (SSSR count). The van der Waals surface area contributed by atoms with Crippen molar-refractivity contribution in [1.82, 2.24) is 4.98 Å². The van der Waals surface area contributed by atoms with Crippen molar-refractivity contribution in [3.8, 4) is 10.6 Å². The van der Waals surface area contributed by atoms with Crippen LogP contribution in [-0.2, 0) is 0 Å². The molecular formula is C20H12ClNOS. The Balaban J connectivity index is 1.91. The van der Waals surface area contributed by atoms with Gasteiger partial charge in [0, 0.05) is 16.7 Å². The van der Waals surface area contributed by atoms with Crippen molar-refractivity contribution in [3.05, 3.63) is 88.9 Å². The van der Waals surface area contributed by atoms with E-state index in [1.54, 1.807) is 23.5 Å². The van der Waals surface area contributed by atoms with Crippen LogP contribution < -0.4 is 0 Å². The van der Waals surface area contributed by atoms with Crippen molar-refractivity contribution in [2.24, 2.45) is 0 Å². The summed E-state index contributed by atoms with van der Waals surface area (Å²) in [7, 11) is 0. The van der Waals surface area contributed by atoms with Gasteiger partial charge in [0.2, 0.25) is 0 Å². The molecule has 0 N–H and O–H groups in total. The fourth-order valence-corrected chi connectivity index (χ4v) is 4.01. The van der Waals surface area contributed by atoms with Crippen molar-refractivity contribution in [1.29, 1.82) is 0 Å². The minimum absolute atomic E-state index is 0.0487. The van der Waals surface area contributed by atoms with Gasteiger partial charge in [-0.25, -0.2) is 4.98 Å². The predicted molar refractivity (Wildman–Crippen MR) is 99.9 cm³/mol. The molecule has 0 fully saturated rings. The van der Waals surface area contributed by atoms with Gasteiger partial charge in [-0.05, 0) is 18.2 Å². The molecular weight excluding hydrogens is 338 g/mol. The van der Waals surface area contributed by atoms with Crippen molar-refractivity contribution in [2.75, 3.05) is 0 Å². The van der Waals surface area contributed by atoms with Gasteiger partial charge in [0.15, 0.2) is 5.78 Å². The molecule has 0 spiro atoms. The normalized spacial score (nSPS) is 10.9. The third-order valence-corrected chi connectivity index (χ3v) is 5.17. The maximum atomic E-state index is 12.9. The van der Waals surface area contributed by atoms with E-state index in [1.165, 1.54) is 0 Å². The summed E-state index contributed by atoms with van der Waals surface area (Å²) in [4.78, 5) is 17.6. The van der Waals surface area contributed by atoms with Gasteiger partial charge in [-0.2, -0.15) is 0 Å². The third kappa shape index (κ3) is 2.62. The number of ketones is 1. The van der Waals surface area contributed by atoms with Gasteiger partial charge in [0.25, 0.3) is 0 Å². The standard InChI is InChI=1S/C20H12ClNOS/c21-15-10-6-9-14(19(23)13-7-2-1-3-8-13)18(15)20-22-16-11-4-5-12-17(16)24-20/h1-12H. The van der Waals surface area contributed by atoms with Crippen LogP contribution >= 0.6 is 22.9 Å². The summed E-state index contributed by atoms with van der Waals surface area (Å²) in [6.45, 7) is 0. The Hall–Kier alpha value is -2.49. The molecule has 0 saturated carbocycles. The molecule has 1 heterocycles. The van der Waals surface area contributed by atoms with Crippen molar-refractivity contribution in [2.45, 2.75) is 0 Å². The van der Waals surface area contributed by atoms with E-state index in [-0.39, 0.29) is 5.78 Å². The van der Waals surface area contributed by atoms with E-state index < -0.39 is 0 Å². The SMILES string of the molecule is O=C(c1ccccc1)c1cccc(Cl)c1-c1nc2ccccc2s1. The Morgan fingerprint density at radius 2 is 1.62 bits per heavy atom. The number of hydrogen-bond acceptors (Lipinski definition) is 3. The van der Waals surface area contributed by atoms with E-state index in [0.717, 1.165) is 15.2 Å². The van der Waals surface area contributed by atoms with Gasteiger partial charge in [0.05, 0.1) is 15.2 Å². The summed E-state index contributed by atoms with van der Waals surface area (Å²) < 4.78 is 1.07. The Morgan fingerprint density at radius 1 is 0.875 bits per heavy atom. The highest BCUT2D eigenvalue weighted by Gasteiger charge is 2.19. The summed E-state index contributed by atoms with van der Waals surface area (Å²) in [5.41, 5.74) is 2.83. The molecule has 0 aliphatic rings. The molecule has 4 aromatic rings. The summed E-state index contributed by atoms with van der Waals surface area (Å²) in [6, 6.07) is 22.5. The van der Waals surface area contributed by atoms with E-state index in [9.17, 15) is 4.79 Å². The lowest BCUT2D eigenvalue weighted by Crippen LogP contribution is -2.03. The number of fused-ring (bicyclic) bond motifs is 1. The maximum Gasteiger partial charge on any atom is 0.193 e. The topological polar surface area (TPSA) is 30.0 Å². The first-order chi connectivity index (χ1) is 11.7. The van der Waals surface area contributed by atoms with E-state index in [4.69, 9.17) is 11.6 Å². The monoisotopic (exact) mass is 349 g/mol. The molecule has 4 heteroatoms. The number of carbonyl (C=O) groups is 1. The number of halogens is 1. The van der Waals surface area contributed by atoms with Crippen LogP contribution in [0.4, 0.5) is 0 Å². The number of para-hydroxylation sites is 1. The van der Waals surface area contributed by atoms with Crippen molar-refractivity contribution >= 4 is 38.9 Å². The lowest BCUT2D eigenvalue weighted by Gasteiger charge is -2.08. The van der Waals surface area contributed by atoms with Crippen LogP contribution in [0.3, 0.4) is 0 Å². The quantitative estimate of drug-likeness (QED) is 0.434. The van der Waals surface area contributed by atoms with E-state index in [1.807, 2.05) is 60.7 Å². The summed E-state index contributed by atoms with van der Waals surface area (Å²) in [6.07, 6.45) is 0. The smallest absolute Gasteiger partial charge is 0.193 e. The Labute approximate surface area is 148 Å². The number of carbonyl (C=O) groups excluding carboxylic acids is 1. The van der Waals surface area contributed by atoms with Crippen LogP contribution in [0.15, 0.2) is 72.8 Å². The Kier molecular flexibility index (Phi) is 3.89. The first kappa shape index (κ1) is 15.1. The summed E-state index contributed by atoms with van der Waals surface area (Å²) in [5.74, 6) is -0.0487. The fourth-order valence-electron chi connectivity index (χ4n) is 2.65. The minimum atomic E-state index is -0.0487. The zero-order valence-corrected chi connectivity index (χ0v) is 14.1. The molecule has 0 amide bonds. The molecule has 0 saturated heterocycles. The highest BCUT2D eigenvalue weighted by molar-refractivity contribution is 7.21. The predicted octanol–water partition coefficient (Wildman–Crippen LogP) is 5.85. The van der Waals surface area contributed by atoms with Crippen LogP contribution in [0.1, 0.15) is 15.9 Å². The van der Waals surface area contributed by atoms with Crippen LogP contribution in [-0.4, -0.2) is 10.8 Å². The lowest BCUT2D eigenvalue weighted by molar-refractivity contribution is 0.103. The second kappa shape index (κ2) is 6.19. The van der Waals surface area contributed by atoms with Gasteiger partial charge in [-0.3, -0.25) is 4.79 Å². The Bertz CT molecular complexity index is 1010. The number of hydrogen-bond donors (Lipinski definition) is 0. The van der Waals surface area contributed by atoms with Crippen LogP contribution in [0.25, 0.3) is 20.8 Å². The first-order valence-corrected chi connectivity index (χ1v) is 8.68. The summed E-state index contributed by atoms with van der Waals surface area (Å²) in [5, 5.41) is 1.30. The van der Waals surface area contributed by atoms with Crippen LogP contribution in [0.5, 0.6) is 0 Å². The van der Waals surface area contributed by atoms with Gasteiger partial charge >= 0.3 is 0 Å². The van der Waals surface area contributed by atoms with Crippen molar-refractivity contribution < 1.29 is 4.79 Å². The molecule has 2 nitrogen and oxygen atoms in total. The van der Waals surface area contributed by atoms with Gasteiger partial charge in [-0.15, -0.1) is 11.3 Å². The van der Waals surface area contributed by atoms with Crippen LogP contribution in [0, 0.1) is 0 Å². The van der Waals surface area contributed by atoms with E-state index >= 15 is 0 Å². The van der Waals surface area contributed by atoms with Gasteiger partial charge in [0.1, 0.15) is 5.01 Å². The highest BCUT2D eigenvalue weighted by Crippen LogP contribution is 2.37. The molecule has 0 unspecified atom stereocenters.